The molecule has 0 spiro atoms. The number of hydrogen-bond donors (Lipinski definition) is 3. The van der Waals surface area contributed by atoms with Gasteiger partial charge in [-0.05, 0) is 48.9 Å². The summed E-state index contributed by atoms with van der Waals surface area (Å²) in [5.41, 5.74) is 3.55. The quantitative estimate of drug-likeness (QED) is 0.438. The zero-order chi connectivity index (χ0) is 21.8. The van der Waals surface area contributed by atoms with Crippen molar-refractivity contribution in [2.75, 3.05) is 17.3 Å². The molecule has 0 aliphatic carbocycles. The monoisotopic (exact) mass is 510 g/mol. The van der Waals surface area contributed by atoms with Gasteiger partial charge in [-0.1, -0.05) is 46.1 Å². The molecule has 0 atom stereocenters. The summed E-state index contributed by atoms with van der Waals surface area (Å²) in [5.74, 6) is -2.19. The first-order valence-electron chi connectivity index (χ1n) is 8.96. The molecule has 10 heteroatoms. The summed E-state index contributed by atoms with van der Waals surface area (Å²) < 4.78 is 2.07. The van der Waals surface area contributed by atoms with Crippen LogP contribution >= 0.6 is 39.1 Å². The van der Waals surface area contributed by atoms with Gasteiger partial charge in [0.2, 0.25) is 0 Å². The van der Waals surface area contributed by atoms with Crippen LogP contribution in [0.5, 0.6) is 0 Å². The maximum absolute atomic E-state index is 13.0. The van der Waals surface area contributed by atoms with Crippen LogP contribution in [-0.4, -0.2) is 28.9 Å². The largest absolute Gasteiger partial charge is 0.348 e. The molecule has 3 N–H and O–H groups in total. The van der Waals surface area contributed by atoms with Gasteiger partial charge in [0.1, 0.15) is 5.69 Å². The molecule has 0 aliphatic heterocycles. The lowest BCUT2D eigenvalue weighted by atomic mass is 10.2. The minimum Gasteiger partial charge on any atom is -0.348 e. The lowest BCUT2D eigenvalue weighted by molar-refractivity contribution is -0.136. The molecule has 0 saturated carbocycles. The fourth-order valence-corrected chi connectivity index (χ4v) is 3.67. The average Bonchev–Trinajstić information content (AvgIpc) is 3.02. The van der Waals surface area contributed by atoms with Crippen molar-refractivity contribution in [1.82, 2.24) is 9.99 Å². The molecule has 0 fully saturated rings. The fraction of sp³-hybridized carbons (Fsp3) is 0.150. The molecular weight excluding hydrogens is 495 g/mol. The predicted octanol–water partition coefficient (Wildman–Crippen LogP) is 4.56. The number of aromatic nitrogens is 1. The smallest absolute Gasteiger partial charge is 0.328 e. The van der Waals surface area contributed by atoms with E-state index in [4.69, 9.17) is 23.2 Å². The van der Waals surface area contributed by atoms with E-state index >= 15 is 0 Å². The molecule has 3 aromatic rings. The van der Waals surface area contributed by atoms with Crippen molar-refractivity contribution in [1.29, 1.82) is 0 Å². The lowest BCUT2D eigenvalue weighted by Crippen LogP contribution is -2.40. The Morgan fingerprint density at radius 1 is 1.00 bits per heavy atom. The van der Waals surface area contributed by atoms with E-state index in [1.165, 1.54) is 4.68 Å². The number of amides is 3. The number of carbonyl (C=O) groups is 3. The molecule has 3 amide bonds. The number of anilines is 1. The van der Waals surface area contributed by atoms with Gasteiger partial charge in [-0.2, -0.15) is 0 Å². The van der Waals surface area contributed by atoms with Gasteiger partial charge >= 0.3 is 11.8 Å². The Morgan fingerprint density at radius 2 is 1.70 bits per heavy atom. The lowest BCUT2D eigenvalue weighted by Gasteiger charge is -2.13. The average molecular weight is 512 g/mol. The van der Waals surface area contributed by atoms with Crippen LogP contribution in [0, 0.1) is 0 Å². The predicted molar refractivity (Wildman–Crippen MR) is 122 cm³/mol. The summed E-state index contributed by atoms with van der Waals surface area (Å²) >= 11 is 15.4. The number of carbonyl (C=O) groups excluding carboxylic acids is 3. The Balaban J connectivity index is 1.96. The second-order valence-corrected chi connectivity index (χ2v) is 8.17. The van der Waals surface area contributed by atoms with Crippen molar-refractivity contribution < 1.29 is 14.4 Å². The number of nitrogens with zero attached hydrogens (tertiary/aromatic N) is 1. The van der Waals surface area contributed by atoms with Crippen LogP contribution < -0.4 is 16.1 Å². The van der Waals surface area contributed by atoms with Gasteiger partial charge in [0, 0.05) is 32.1 Å². The number of benzene rings is 2. The Kier molecular flexibility index (Phi) is 7.02. The number of nitrogens with one attached hydrogen (secondary N) is 3. The van der Waals surface area contributed by atoms with Crippen LogP contribution in [0.1, 0.15) is 23.8 Å². The van der Waals surface area contributed by atoms with Gasteiger partial charge in [0.25, 0.3) is 5.91 Å². The van der Waals surface area contributed by atoms with E-state index in [-0.39, 0.29) is 5.69 Å². The highest BCUT2D eigenvalue weighted by atomic mass is 79.9. The van der Waals surface area contributed by atoms with Crippen molar-refractivity contribution in [2.45, 2.75) is 13.3 Å². The van der Waals surface area contributed by atoms with Crippen molar-refractivity contribution in [3.8, 4) is 0 Å². The van der Waals surface area contributed by atoms with Gasteiger partial charge in [-0.15, -0.1) is 0 Å². The Morgan fingerprint density at radius 3 is 2.37 bits per heavy atom. The Labute approximate surface area is 190 Å². The van der Waals surface area contributed by atoms with Gasteiger partial charge in [-0.3, -0.25) is 19.8 Å². The maximum Gasteiger partial charge on any atom is 0.328 e. The summed E-state index contributed by atoms with van der Waals surface area (Å²) in [5, 5.41) is 6.62. The molecular formula is C20H17BrCl2N4O3. The molecule has 7 nitrogen and oxygen atoms in total. The number of hydrogen-bond acceptors (Lipinski definition) is 3. The number of fused-ring (bicyclic) bond motifs is 1. The summed E-state index contributed by atoms with van der Waals surface area (Å²) in [6, 6.07) is 11.5. The zero-order valence-electron chi connectivity index (χ0n) is 15.8. The first kappa shape index (κ1) is 22.1. The molecule has 30 heavy (non-hydrogen) atoms. The first-order valence-corrected chi connectivity index (χ1v) is 10.5. The second kappa shape index (κ2) is 9.51. The van der Waals surface area contributed by atoms with E-state index in [1.54, 1.807) is 42.5 Å². The van der Waals surface area contributed by atoms with E-state index in [0.717, 1.165) is 4.47 Å². The zero-order valence-corrected chi connectivity index (χ0v) is 18.9. The molecule has 1 aromatic heterocycles. The fourth-order valence-electron chi connectivity index (χ4n) is 2.77. The standard InChI is InChI=1S/C20H17BrCl2N4O3/c1-2-5-24-19(29)20(30)26-27-16-4-3-12(21)6-11(16)7-17(27)18(28)25-15-9-13(22)8-14(23)10-15/h3-4,6-10H,2,5H2,1H3,(H,24,29)(H,25,28)(H,26,30). The van der Waals surface area contributed by atoms with E-state index in [0.29, 0.717) is 39.6 Å². The highest BCUT2D eigenvalue weighted by Gasteiger charge is 2.21. The molecule has 0 unspecified atom stereocenters. The molecule has 2 aromatic carbocycles. The minimum absolute atomic E-state index is 0.121. The summed E-state index contributed by atoms with van der Waals surface area (Å²) in [6.07, 6.45) is 0.690. The number of rotatable bonds is 5. The molecule has 0 saturated heterocycles. The Bertz CT molecular complexity index is 1130. The van der Waals surface area contributed by atoms with Gasteiger partial charge in [0.05, 0.1) is 5.52 Å². The maximum atomic E-state index is 13.0. The summed E-state index contributed by atoms with van der Waals surface area (Å²) in [4.78, 5) is 37.3. The highest BCUT2D eigenvalue weighted by molar-refractivity contribution is 9.10. The van der Waals surface area contributed by atoms with Crippen LogP contribution in [0.25, 0.3) is 10.9 Å². The first-order chi connectivity index (χ1) is 14.3. The van der Waals surface area contributed by atoms with E-state index in [2.05, 4.69) is 32.0 Å². The van der Waals surface area contributed by atoms with Gasteiger partial charge in [-0.25, -0.2) is 4.68 Å². The molecule has 156 valence electrons. The van der Waals surface area contributed by atoms with E-state index < -0.39 is 17.7 Å². The van der Waals surface area contributed by atoms with Gasteiger partial charge in [0.15, 0.2) is 0 Å². The van der Waals surface area contributed by atoms with Crippen molar-refractivity contribution >= 4 is 73.4 Å². The number of halogens is 3. The normalized spacial score (nSPS) is 10.7. The second-order valence-electron chi connectivity index (χ2n) is 6.38. The van der Waals surface area contributed by atoms with Crippen LogP contribution in [0.2, 0.25) is 10.0 Å². The molecule has 0 aliphatic rings. The topological polar surface area (TPSA) is 92.2 Å². The Hall–Kier alpha value is -2.55. The SMILES string of the molecule is CCCNC(=O)C(=O)Nn1c(C(=O)Nc2cc(Cl)cc(Cl)c2)cc2cc(Br)ccc21. The van der Waals surface area contributed by atoms with Crippen molar-refractivity contribution in [3.63, 3.8) is 0 Å². The summed E-state index contributed by atoms with van der Waals surface area (Å²) in [7, 11) is 0. The molecule has 3 rings (SSSR count). The van der Waals surface area contributed by atoms with Gasteiger partial charge < -0.3 is 10.6 Å². The third-order valence-corrected chi connectivity index (χ3v) is 5.00. The molecule has 1 heterocycles. The third kappa shape index (κ3) is 5.13. The van der Waals surface area contributed by atoms with Crippen LogP contribution in [0.15, 0.2) is 46.9 Å². The third-order valence-electron chi connectivity index (χ3n) is 4.07. The minimum atomic E-state index is -0.885. The molecule has 0 radical (unpaired) electrons. The summed E-state index contributed by atoms with van der Waals surface area (Å²) in [6.45, 7) is 2.24. The van der Waals surface area contributed by atoms with Crippen LogP contribution in [-0.2, 0) is 9.59 Å². The van der Waals surface area contributed by atoms with E-state index in [9.17, 15) is 14.4 Å². The van der Waals surface area contributed by atoms with E-state index in [1.807, 2.05) is 6.92 Å². The van der Waals surface area contributed by atoms with Crippen molar-refractivity contribution in [3.05, 3.63) is 62.7 Å². The van der Waals surface area contributed by atoms with Crippen LogP contribution in [0.4, 0.5) is 5.69 Å². The highest BCUT2D eigenvalue weighted by Crippen LogP contribution is 2.26. The van der Waals surface area contributed by atoms with Crippen molar-refractivity contribution in [2.24, 2.45) is 0 Å². The van der Waals surface area contributed by atoms with Crippen LogP contribution in [0.3, 0.4) is 0 Å². The molecule has 0 bridgehead atoms.